The van der Waals surface area contributed by atoms with Crippen molar-refractivity contribution in [3.63, 3.8) is 0 Å². The first-order valence-electron chi connectivity index (χ1n) is 28.3. The number of Topliss-reactive ketones (excluding diaryl/α,β-unsaturated/α-hetero) is 4. The zero-order valence-electron chi connectivity index (χ0n) is 53.1. The number of ether oxygens (including phenoxy) is 9. The van der Waals surface area contributed by atoms with Crippen molar-refractivity contribution < 1.29 is 105 Å². The lowest BCUT2D eigenvalue weighted by molar-refractivity contribution is -0.118. The zero-order chi connectivity index (χ0) is 66.9. The summed E-state index contributed by atoms with van der Waals surface area (Å²) in [6.45, 7) is 26.8. The van der Waals surface area contributed by atoms with Gasteiger partial charge in [0.2, 0.25) is 0 Å². The Balaban J connectivity index is 0.000000316. The van der Waals surface area contributed by atoms with Gasteiger partial charge in [0.1, 0.15) is 39.7 Å². The smallest absolute Gasteiger partial charge is 0.507 e. The fraction of sp³-hybridized carbons (Fsp3) is 0.469. The third-order valence-corrected chi connectivity index (χ3v) is 11.6. The van der Waals surface area contributed by atoms with Crippen molar-refractivity contribution in [3.8, 4) is 23.0 Å². The molecule has 0 bridgehead atoms. The number of carbonyl (C=O) groups excluding carboxylic acids is 10. The lowest BCUT2D eigenvalue weighted by atomic mass is 10.1. The van der Waals surface area contributed by atoms with Crippen LogP contribution in [0.2, 0.25) is 0 Å². The van der Waals surface area contributed by atoms with E-state index in [1.165, 1.54) is 49.6 Å². The van der Waals surface area contributed by atoms with Crippen molar-refractivity contribution in [2.75, 3.05) is 39.4 Å². The average Bonchev–Trinajstić information content (AvgIpc) is 1.73. The van der Waals surface area contributed by atoms with Crippen LogP contribution in [0.3, 0.4) is 0 Å². The average molecular weight is 1260 g/mol. The van der Waals surface area contributed by atoms with Crippen LogP contribution >= 0.6 is 11.6 Å². The van der Waals surface area contributed by atoms with Crippen LogP contribution in [-0.4, -0.2) is 136 Å². The molecular weight excluding hydrogens is 1180 g/mol. The fourth-order valence-electron chi connectivity index (χ4n) is 8.02. The molecule has 0 saturated heterocycles. The standard InChI is InChI=1S/C32H39NO11.C19H18O6.C13H22ClNO5/c1-19(34)18-33(28(36)43-31(3,4)5)15-11-12-16-39-29(37)41-25-21-13-9-10-14-22(21)26(42-30(38)44-32(6,7)8)27-23(25)17-24(40-27)20(2)35;1-10(20)14-9-13-15(21)11-7-5-6-8-12(11)16(17(13)23-14)24-18(22)25-19(2,3)4;1-10(16)9-15(12(18)20-13(2,3)4)7-5-6-8-19-11(14)17/h9-10,13-14,17H,11-12,15-16,18H2,1-8H3;5-9,21H,1-4H3;5-9H2,1-4H3. The van der Waals surface area contributed by atoms with Gasteiger partial charge in [0, 0.05) is 60.1 Å². The SMILES string of the molecule is CC(=O)CN(CCCCOC(=O)Cl)C(=O)OC(C)(C)C.CC(=O)CN(CCCCOC(=O)Oc1c2ccccc2c(OC(=O)OC(C)(C)C)c2oc(C(C)=O)cc12)C(=O)OC(C)(C)C.CC(=O)c1cc2c(O)c3ccccc3c(OC(=O)OC(C)(C)C)c2o1. The number of unbranched alkanes of at least 4 members (excludes halogenated alkanes) is 2. The molecule has 0 aliphatic rings. The van der Waals surface area contributed by atoms with Crippen LogP contribution < -0.4 is 14.2 Å². The summed E-state index contributed by atoms with van der Waals surface area (Å²) in [5.74, 6) is -0.882. The second kappa shape index (κ2) is 31.3. The number of amides is 2. The van der Waals surface area contributed by atoms with Crippen LogP contribution in [-0.2, 0) is 38.0 Å². The number of carbonyl (C=O) groups is 10. The topological polar surface area (TPSA) is 307 Å². The number of nitrogens with zero attached hydrogens (tertiary/aromatic N) is 2. The van der Waals surface area contributed by atoms with Crippen LogP contribution in [0.4, 0.5) is 28.8 Å². The minimum atomic E-state index is -1.02. The number of ketones is 4. The third kappa shape index (κ3) is 23.6. The number of fused-ring (bicyclic) bond motifs is 4. The van der Waals surface area contributed by atoms with E-state index >= 15 is 0 Å². The second-order valence-electron chi connectivity index (χ2n) is 24.3. The van der Waals surface area contributed by atoms with Gasteiger partial charge in [-0.05, 0) is 135 Å². The number of aromatic hydroxyl groups is 1. The molecule has 89 heavy (non-hydrogen) atoms. The van der Waals surface area contributed by atoms with Gasteiger partial charge in [-0.1, -0.05) is 48.5 Å². The summed E-state index contributed by atoms with van der Waals surface area (Å²) < 4.78 is 58.8. The lowest BCUT2D eigenvalue weighted by Crippen LogP contribution is -2.40. The molecule has 0 spiro atoms. The predicted octanol–water partition coefficient (Wildman–Crippen LogP) is 15.0. The first-order chi connectivity index (χ1) is 41.2. The molecule has 25 heteroatoms. The number of halogens is 1. The van der Waals surface area contributed by atoms with Crippen LogP contribution in [0.15, 0.2) is 69.5 Å². The van der Waals surface area contributed by atoms with Crippen LogP contribution in [0.1, 0.15) is 158 Å². The van der Waals surface area contributed by atoms with Gasteiger partial charge in [0.15, 0.2) is 51.5 Å². The summed E-state index contributed by atoms with van der Waals surface area (Å²) in [7, 11) is 0. The summed E-state index contributed by atoms with van der Waals surface area (Å²) in [5, 5.41) is 12.7. The Hall–Kier alpha value is -8.93. The molecule has 6 aromatic rings. The monoisotopic (exact) mass is 1260 g/mol. The summed E-state index contributed by atoms with van der Waals surface area (Å²) in [4.78, 5) is 121. The summed E-state index contributed by atoms with van der Waals surface area (Å²) in [6.07, 6.45) is -2.10. The molecule has 0 atom stereocenters. The quantitative estimate of drug-likeness (QED) is 0.0197. The Bertz CT molecular complexity index is 3570. The van der Waals surface area contributed by atoms with E-state index in [2.05, 4.69) is 4.74 Å². The van der Waals surface area contributed by atoms with Crippen molar-refractivity contribution in [1.82, 2.24) is 9.80 Å². The molecule has 2 aromatic heterocycles. The minimum absolute atomic E-state index is 0.00169. The van der Waals surface area contributed by atoms with Gasteiger partial charge >= 0.3 is 36.1 Å². The molecular formula is C64H79ClN2O22. The van der Waals surface area contributed by atoms with Crippen molar-refractivity contribution in [1.29, 1.82) is 0 Å². The number of hydrogen-bond acceptors (Lipinski definition) is 22. The number of benzene rings is 4. The molecule has 2 amide bonds. The van der Waals surface area contributed by atoms with Gasteiger partial charge in [0.05, 0.1) is 37.1 Å². The molecule has 4 aromatic carbocycles. The van der Waals surface area contributed by atoms with Gasteiger partial charge in [-0.2, -0.15) is 0 Å². The molecule has 484 valence electrons. The molecule has 0 unspecified atom stereocenters. The predicted molar refractivity (Wildman–Crippen MR) is 327 cm³/mol. The number of hydrogen-bond donors (Lipinski definition) is 1. The highest BCUT2D eigenvalue weighted by Gasteiger charge is 2.30. The normalized spacial score (nSPS) is 11.5. The molecule has 0 aliphatic heterocycles. The molecule has 0 aliphatic carbocycles. The van der Waals surface area contributed by atoms with Gasteiger partial charge in [-0.3, -0.25) is 19.2 Å². The Labute approximate surface area is 520 Å². The lowest BCUT2D eigenvalue weighted by Gasteiger charge is -2.26. The third-order valence-electron chi connectivity index (χ3n) is 11.5. The molecule has 1 N–H and O–H groups in total. The molecule has 0 fully saturated rings. The van der Waals surface area contributed by atoms with E-state index in [0.717, 1.165) is 0 Å². The van der Waals surface area contributed by atoms with Crippen LogP contribution in [0, 0.1) is 0 Å². The van der Waals surface area contributed by atoms with E-state index < -0.39 is 64.3 Å². The van der Waals surface area contributed by atoms with E-state index in [1.54, 1.807) is 132 Å². The Morgan fingerprint density at radius 1 is 0.449 bits per heavy atom. The molecule has 24 nitrogen and oxygen atoms in total. The molecule has 6 rings (SSSR count). The van der Waals surface area contributed by atoms with E-state index in [1.807, 2.05) is 0 Å². The number of phenols is 1. The molecule has 0 saturated carbocycles. The number of phenolic OH excluding ortho intramolecular Hbond substituents is 1. The van der Waals surface area contributed by atoms with E-state index in [0.29, 0.717) is 59.2 Å². The zero-order valence-corrected chi connectivity index (χ0v) is 53.9. The maximum absolute atomic E-state index is 12.8. The largest absolute Gasteiger partial charge is 0.514 e. The number of furan rings is 2. The first kappa shape index (κ1) is 72.5. The Morgan fingerprint density at radius 2 is 0.798 bits per heavy atom. The summed E-state index contributed by atoms with van der Waals surface area (Å²) in [5.41, 5.74) is -3.60. The van der Waals surface area contributed by atoms with Crippen molar-refractivity contribution in [3.05, 3.63) is 72.2 Å². The van der Waals surface area contributed by atoms with Gasteiger partial charge in [-0.15, -0.1) is 0 Å². The Kier molecular flexibility index (Phi) is 25.5. The highest BCUT2D eigenvalue weighted by molar-refractivity contribution is 6.61. The maximum Gasteiger partial charge on any atom is 0.514 e. The van der Waals surface area contributed by atoms with Crippen LogP contribution in [0.5, 0.6) is 23.0 Å². The van der Waals surface area contributed by atoms with Gasteiger partial charge in [-0.25, -0.2) is 28.8 Å². The summed E-state index contributed by atoms with van der Waals surface area (Å²) >= 11 is 5.02. The fourth-order valence-corrected chi connectivity index (χ4v) is 8.10. The van der Waals surface area contributed by atoms with Crippen molar-refractivity contribution in [2.24, 2.45) is 0 Å². The van der Waals surface area contributed by atoms with E-state index in [-0.39, 0.29) is 101 Å². The van der Waals surface area contributed by atoms with Crippen molar-refractivity contribution >= 4 is 114 Å². The Morgan fingerprint density at radius 3 is 1.18 bits per heavy atom. The maximum atomic E-state index is 12.8. The minimum Gasteiger partial charge on any atom is -0.507 e. The molecule has 0 radical (unpaired) electrons. The number of rotatable bonds is 19. The van der Waals surface area contributed by atoms with Crippen LogP contribution in [0.25, 0.3) is 43.5 Å². The highest BCUT2D eigenvalue weighted by Crippen LogP contribution is 2.46. The van der Waals surface area contributed by atoms with Gasteiger partial charge in [0.25, 0.3) is 0 Å². The van der Waals surface area contributed by atoms with E-state index in [9.17, 15) is 53.1 Å². The molecule has 2 heterocycles. The first-order valence-corrected chi connectivity index (χ1v) is 28.7. The van der Waals surface area contributed by atoms with Gasteiger partial charge < -0.3 is 66.4 Å². The highest BCUT2D eigenvalue weighted by atomic mass is 35.5. The van der Waals surface area contributed by atoms with Crippen molar-refractivity contribution in [2.45, 2.75) is 159 Å². The second-order valence-corrected chi connectivity index (χ2v) is 24.6. The van der Waals surface area contributed by atoms with E-state index in [4.69, 9.17) is 58.3 Å². The summed E-state index contributed by atoms with van der Waals surface area (Å²) in [6, 6.07) is 16.4.